The Labute approximate surface area is 143 Å². The minimum Gasteiger partial charge on any atom is -0.450 e. The summed E-state index contributed by atoms with van der Waals surface area (Å²) >= 11 is 1.64. The average Bonchev–Trinajstić information content (AvgIpc) is 3.21. The molecule has 0 saturated heterocycles. The van der Waals surface area contributed by atoms with Crippen LogP contribution in [0.5, 0.6) is 0 Å². The highest BCUT2D eigenvalue weighted by Gasteiger charge is 2.19. The molecule has 0 atom stereocenters. The highest BCUT2D eigenvalue weighted by Crippen LogP contribution is 2.25. The number of furan rings is 1. The Bertz CT molecular complexity index is 851. The molecule has 2 aromatic heterocycles. The summed E-state index contributed by atoms with van der Waals surface area (Å²) in [5.74, 6) is -0.812. The number of benzene rings is 1. The number of esters is 1. The molecule has 3 rings (SSSR count). The fourth-order valence-electron chi connectivity index (χ4n) is 2.40. The van der Waals surface area contributed by atoms with Crippen LogP contribution in [0.2, 0.25) is 0 Å². The van der Waals surface area contributed by atoms with Gasteiger partial charge in [-0.05, 0) is 30.9 Å². The molecule has 0 bridgehead atoms. The highest BCUT2D eigenvalue weighted by molar-refractivity contribution is 7.09. The third-order valence-corrected chi connectivity index (χ3v) is 4.57. The summed E-state index contributed by atoms with van der Waals surface area (Å²) in [4.78, 5) is 25.1. The molecule has 1 aromatic carbocycles. The van der Waals surface area contributed by atoms with Crippen LogP contribution in [0.4, 0.5) is 0 Å². The summed E-state index contributed by atoms with van der Waals surface area (Å²) in [6.45, 7) is 1.99. The standard InChI is InChI=1S/C18H17NO4S/c1-12-14-6-2-3-7-15(14)23-17(12)18(21)22-11-16(20)19-9-8-13-5-4-10-24-13/h2-7,10H,8-9,11H2,1H3,(H,19,20). The lowest BCUT2D eigenvalue weighted by Crippen LogP contribution is -2.30. The molecular formula is C18H17NO4S. The number of aryl methyl sites for hydroxylation is 1. The number of amides is 1. The lowest BCUT2D eigenvalue weighted by atomic mass is 10.1. The van der Waals surface area contributed by atoms with Crippen molar-refractivity contribution in [3.8, 4) is 0 Å². The summed E-state index contributed by atoms with van der Waals surface area (Å²) in [7, 11) is 0. The molecular weight excluding hydrogens is 326 g/mol. The molecule has 24 heavy (non-hydrogen) atoms. The maximum absolute atomic E-state index is 12.1. The Hall–Kier alpha value is -2.60. The van der Waals surface area contributed by atoms with Crippen molar-refractivity contribution in [1.29, 1.82) is 0 Å². The number of para-hydroxylation sites is 1. The Morgan fingerprint density at radius 3 is 2.79 bits per heavy atom. The monoisotopic (exact) mass is 343 g/mol. The van der Waals surface area contributed by atoms with Gasteiger partial charge in [0.1, 0.15) is 5.58 Å². The quantitative estimate of drug-likeness (QED) is 0.697. The summed E-state index contributed by atoms with van der Waals surface area (Å²) in [5, 5.41) is 5.59. The minimum absolute atomic E-state index is 0.141. The van der Waals surface area contributed by atoms with Crippen LogP contribution in [-0.2, 0) is 16.0 Å². The minimum atomic E-state index is -0.628. The Balaban J connectivity index is 1.51. The van der Waals surface area contributed by atoms with E-state index in [0.717, 1.165) is 11.8 Å². The molecule has 0 aliphatic rings. The zero-order valence-electron chi connectivity index (χ0n) is 13.2. The molecule has 0 spiro atoms. The lowest BCUT2D eigenvalue weighted by molar-refractivity contribution is -0.124. The zero-order valence-corrected chi connectivity index (χ0v) is 14.0. The molecule has 0 unspecified atom stereocenters. The number of fused-ring (bicyclic) bond motifs is 1. The first-order valence-electron chi connectivity index (χ1n) is 7.59. The van der Waals surface area contributed by atoms with Gasteiger partial charge in [-0.3, -0.25) is 4.79 Å². The van der Waals surface area contributed by atoms with Crippen molar-refractivity contribution in [1.82, 2.24) is 5.32 Å². The second-order valence-electron chi connectivity index (χ2n) is 5.31. The van der Waals surface area contributed by atoms with Gasteiger partial charge in [0.15, 0.2) is 6.61 Å². The predicted octanol–water partition coefficient (Wildman–Crippen LogP) is 3.32. The van der Waals surface area contributed by atoms with Crippen molar-refractivity contribution in [3.63, 3.8) is 0 Å². The predicted molar refractivity (Wildman–Crippen MR) is 92.3 cm³/mol. The van der Waals surface area contributed by atoms with Crippen LogP contribution in [0.1, 0.15) is 21.0 Å². The van der Waals surface area contributed by atoms with Crippen molar-refractivity contribution in [2.45, 2.75) is 13.3 Å². The van der Waals surface area contributed by atoms with Crippen LogP contribution < -0.4 is 5.32 Å². The van der Waals surface area contributed by atoms with E-state index in [4.69, 9.17) is 9.15 Å². The number of hydrogen-bond donors (Lipinski definition) is 1. The Morgan fingerprint density at radius 2 is 2.04 bits per heavy atom. The van der Waals surface area contributed by atoms with Gasteiger partial charge in [0, 0.05) is 22.4 Å². The van der Waals surface area contributed by atoms with Gasteiger partial charge in [-0.25, -0.2) is 4.79 Å². The molecule has 5 nitrogen and oxygen atoms in total. The van der Waals surface area contributed by atoms with E-state index in [1.54, 1.807) is 24.3 Å². The van der Waals surface area contributed by atoms with Crippen LogP contribution in [-0.4, -0.2) is 25.0 Å². The number of nitrogens with one attached hydrogen (secondary N) is 1. The van der Waals surface area contributed by atoms with Crippen molar-refractivity contribution in [2.75, 3.05) is 13.2 Å². The van der Waals surface area contributed by atoms with Gasteiger partial charge in [0.25, 0.3) is 5.91 Å². The lowest BCUT2D eigenvalue weighted by Gasteiger charge is -2.05. The van der Waals surface area contributed by atoms with Crippen molar-refractivity contribution >= 4 is 34.2 Å². The number of carbonyl (C=O) groups excluding carboxylic acids is 2. The van der Waals surface area contributed by atoms with Crippen LogP contribution in [0.25, 0.3) is 11.0 Å². The third-order valence-electron chi connectivity index (χ3n) is 3.64. The topological polar surface area (TPSA) is 68.5 Å². The molecule has 0 fully saturated rings. The molecule has 0 saturated carbocycles. The number of rotatable bonds is 6. The van der Waals surface area contributed by atoms with Crippen LogP contribution >= 0.6 is 11.3 Å². The normalized spacial score (nSPS) is 10.7. The SMILES string of the molecule is Cc1c(C(=O)OCC(=O)NCCc2cccs2)oc2ccccc12. The van der Waals surface area contributed by atoms with Crippen molar-refractivity contribution < 1.29 is 18.7 Å². The van der Waals surface area contributed by atoms with Gasteiger partial charge < -0.3 is 14.5 Å². The molecule has 124 valence electrons. The van der Waals surface area contributed by atoms with Crippen LogP contribution in [0.15, 0.2) is 46.2 Å². The number of ether oxygens (including phenoxy) is 1. The molecule has 0 aliphatic carbocycles. The van der Waals surface area contributed by atoms with E-state index in [1.165, 1.54) is 4.88 Å². The van der Waals surface area contributed by atoms with E-state index in [0.29, 0.717) is 17.7 Å². The van der Waals surface area contributed by atoms with Gasteiger partial charge in [0.05, 0.1) is 0 Å². The van der Waals surface area contributed by atoms with Crippen LogP contribution in [0, 0.1) is 6.92 Å². The Kier molecular flexibility index (Phi) is 4.96. The molecule has 0 aliphatic heterocycles. The smallest absolute Gasteiger partial charge is 0.375 e. The second-order valence-corrected chi connectivity index (χ2v) is 6.34. The highest BCUT2D eigenvalue weighted by atomic mass is 32.1. The number of thiophene rings is 1. The molecule has 0 radical (unpaired) electrons. The van der Waals surface area contributed by atoms with E-state index in [1.807, 2.05) is 35.7 Å². The van der Waals surface area contributed by atoms with Gasteiger partial charge in [-0.15, -0.1) is 11.3 Å². The number of hydrogen-bond acceptors (Lipinski definition) is 5. The zero-order chi connectivity index (χ0) is 16.9. The molecule has 2 heterocycles. The van der Waals surface area contributed by atoms with Gasteiger partial charge in [-0.1, -0.05) is 24.3 Å². The molecule has 1 N–H and O–H groups in total. The van der Waals surface area contributed by atoms with Gasteiger partial charge >= 0.3 is 5.97 Å². The van der Waals surface area contributed by atoms with E-state index in [9.17, 15) is 9.59 Å². The fraction of sp³-hybridized carbons (Fsp3) is 0.222. The van der Waals surface area contributed by atoms with E-state index < -0.39 is 5.97 Å². The van der Waals surface area contributed by atoms with E-state index in [2.05, 4.69) is 5.32 Å². The van der Waals surface area contributed by atoms with Gasteiger partial charge in [-0.2, -0.15) is 0 Å². The first-order valence-corrected chi connectivity index (χ1v) is 8.47. The van der Waals surface area contributed by atoms with E-state index >= 15 is 0 Å². The first-order chi connectivity index (χ1) is 11.6. The number of carbonyl (C=O) groups is 2. The summed E-state index contributed by atoms with van der Waals surface area (Å²) in [6.07, 6.45) is 0.764. The third kappa shape index (κ3) is 3.65. The Morgan fingerprint density at radius 1 is 1.21 bits per heavy atom. The summed E-state index contributed by atoms with van der Waals surface area (Å²) < 4.78 is 10.6. The van der Waals surface area contributed by atoms with Gasteiger partial charge in [0.2, 0.25) is 5.76 Å². The first kappa shape index (κ1) is 16.3. The summed E-state index contributed by atoms with van der Waals surface area (Å²) in [5.41, 5.74) is 1.34. The maximum Gasteiger partial charge on any atom is 0.375 e. The molecule has 6 heteroatoms. The van der Waals surface area contributed by atoms with Crippen LogP contribution in [0.3, 0.4) is 0 Å². The fourth-order valence-corrected chi connectivity index (χ4v) is 3.11. The summed E-state index contributed by atoms with van der Waals surface area (Å²) in [6, 6.07) is 11.4. The molecule has 3 aromatic rings. The average molecular weight is 343 g/mol. The largest absolute Gasteiger partial charge is 0.450 e. The maximum atomic E-state index is 12.1. The molecule has 1 amide bonds. The second kappa shape index (κ2) is 7.31. The van der Waals surface area contributed by atoms with Crippen molar-refractivity contribution in [2.24, 2.45) is 0 Å². The van der Waals surface area contributed by atoms with Crippen molar-refractivity contribution in [3.05, 3.63) is 58.0 Å². The van der Waals surface area contributed by atoms with E-state index in [-0.39, 0.29) is 18.3 Å².